The van der Waals surface area contributed by atoms with E-state index in [1.807, 2.05) is 0 Å². The zero-order chi connectivity index (χ0) is 13.0. The molecule has 0 aliphatic heterocycles. The van der Waals surface area contributed by atoms with Gasteiger partial charge in [-0.25, -0.2) is 4.98 Å². The molecule has 1 atom stereocenters. The molecule has 86 valence electrons. The summed E-state index contributed by atoms with van der Waals surface area (Å²) in [6, 6.07) is 2.81. The summed E-state index contributed by atoms with van der Waals surface area (Å²) in [6.07, 6.45) is 1.38. The van der Waals surface area contributed by atoms with Crippen molar-refractivity contribution in [1.29, 1.82) is 0 Å². The molecule has 1 rings (SSSR count). The van der Waals surface area contributed by atoms with Gasteiger partial charge in [0.1, 0.15) is 5.82 Å². The Balaban J connectivity index is 3.14. The normalized spacial score (nSPS) is 11.6. The number of hydrogen-bond donors (Lipinski definition) is 1. The van der Waals surface area contributed by atoms with Crippen molar-refractivity contribution in [3.63, 3.8) is 0 Å². The quantitative estimate of drug-likeness (QED) is 0.320. The van der Waals surface area contributed by atoms with E-state index in [1.165, 1.54) is 18.3 Å². The highest BCUT2D eigenvalue weighted by atomic mass is 16.5. The van der Waals surface area contributed by atoms with Gasteiger partial charge in [-0.05, 0) is 12.1 Å². The number of nitrogens with two attached hydrogens (primary N) is 1. The van der Waals surface area contributed by atoms with Crippen LogP contribution in [0.25, 0.3) is 0 Å². The maximum absolute atomic E-state index is 11.9. The Bertz CT molecular complexity index is 475. The van der Waals surface area contributed by atoms with Gasteiger partial charge < -0.3 is 15.3 Å². The lowest BCUT2D eigenvalue weighted by molar-refractivity contribution is -0.145. The Morgan fingerprint density at radius 3 is 2.59 bits per heavy atom. The number of ether oxygens (including phenoxy) is 1. The van der Waals surface area contributed by atoms with Gasteiger partial charge in [-0.3, -0.25) is 9.59 Å². The second kappa shape index (κ2) is 5.24. The van der Waals surface area contributed by atoms with Crippen LogP contribution >= 0.6 is 0 Å². The van der Waals surface area contributed by atoms with E-state index < -0.39 is 23.4 Å². The van der Waals surface area contributed by atoms with E-state index in [-0.39, 0.29) is 11.4 Å². The van der Waals surface area contributed by atoms with Crippen LogP contribution in [0.5, 0.6) is 0 Å². The Hall–Kier alpha value is -2.18. The number of nitrogens with zero attached hydrogens (tertiary/aromatic N) is 1. The second-order valence-corrected chi connectivity index (χ2v) is 3.16. The molecule has 0 bridgehead atoms. The van der Waals surface area contributed by atoms with Crippen molar-refractivity contribution < 1.29 is 19.1 Å². The van der Waals surface area contributed by atoms with Gasteiger partial charge in [-0.2, -0.15) is 0 Å². The Kier molecular flexibility index (Phi) is 3.98. The molecule has 0 spiro atoms. The fraction of sp³-hybridized carbons (Fsp3) is 0.200. The summed E-state index contributed by atoms with van der Waals surface area (Å²) < 4.78 is 4.33. The number of Topliss-reactive ketones (excluding diaryl/α,β-unsaturated/α-hetero) is 1. The van der Waals surface area contributed by atoms with Crippen LogP contribution in [0.15, 0.2) is 18.3 Å². The molecule has 2 radical (unpaired) electrons. The number of carbonyl (C=O) groups excluding carboxylic acids is 3. The number of hydrogen-bond acceptors (Lipinski definition) is 6. The zero-order valence-corrected chi connectivity index (χ0v) is 9.04. The highest BCUT2D eigenvalue weighted by Crippen LogP contribution is 2.15. The third kappa shape index (κ3) is 2.69. The van der Waals surface area contributed by atoms with Crippen molar-refractivity contribution in [2.45, 2.75) is 0 Å². The molecule has 0 aliphatic carbocycles. The Labute approximate surface area is 98.6 Å². The molecule has 1 aromatic heterocycles. The minimum Gasteiger partial charge on any atom is -0.468 e. The number of aromatic nitrogens is 1. The third-order valence-corrected chi connectivity index (χ3v) is 2.09. The van der Waals surface area contributed by atoms with E-state index in [1.54, 1.807) is 0 Å². The fourth-order valence-corrected chi connectivity index (χ4v) is 1.25. The minimum atomic E-state index is -1.70. The maximum atomic E-state index is 11.9. The van der Waals surface area contributed by atoms with Crippen molar-refractivity contribution in [3.8, 4) is 0 Å². The molecule has 0 saturated heterocycles. The highest BCUT2D eigenvalue weighted by molar-refractivity contribution is 6.62. The lowest BCUT2D eigenvalue weighted by Gasteiger charge is -2.11. The van der Waals surface area contributed by atoms with E-state index in [2.05, 4.69) is 9.72 Å². The van der Waals surface area contributed by atoms with Crippen molar-refractivity contribution in [2.75, 3.05) is 12.8 Å². The first kappa shape index (κ1) is 12.9. The van der Waals surface area contributed by atoms with E-state index in [0.29, 0.717) is 0 Å². The number of methoxy groups -OCH3 is 1. The van der Waals surface area contributed by atoms with Crippen LogP contribution in [-0.2, 0) is 14.3 Å². The van der Waals surface area contributed by atoms with Crippen LogP contribution in [0.3, 0.4) is 0 Å². The molecule has 1 aromatic rings. The number of anilines is 1. The predicted octanol–water partition coefficient (Wildman–Crippen LogP) is -0.669. The monoisotopic (exact) mass is 232 g/mol. The first-order chi connectivity index (χ1) is 7.99. The van der Waals surface area contributed by atoms with Gasteiger partial charge in [0.15, 0.2) is 19.5 Å². The number of carbonyl (C=O) groups is 3. The summed E-state index contributed by atoms with van der Waals surface area (Å²) in [5, 5.41) is 0. The van der Waals surface area contributed by atoms with Crippen molar-refractivity contribution >= 4 is 31.1 Å². The highest BCUT2D eigenvalue weighted by Gasteiger charge is 2.33. The van der Waals surface area contributed by atoms with Crippen LogP contribution in [0.4, 0.5) is 5.82 Å². The summed E-state index contributed by atoms with van der Waals surface area (Å²) >= 11 is 0. The number of rotatable bonds is 4. The van der Waals surface area contributed by atoms with Crippen LogP contribution in [0.2, 0.25) is 0 Å². The second-order valence-electron chi connectivity index (χ2n) is 3.16. The average Bonchev–Trinajstić information content (AvgIpc) is 2.28. The summed E-state index contributed by atoms with van der Waals surface area (Å²) in [7, 11) is 6.03. The number of nitrogen functional groups attached to an aromatic ring is 1. The van der Waals surface area contributed by atoms with Crippen LogP contribution in [0, 0.1) is 5.92 Å². The third-order valence-electron chi connectivity index (χ3n) is 2.09. The van der Waals surface area contributed by atoms with Gasteiger partial charge in [0.25, 0.3) is 0 Å². The molecule has 17 heavy (non-hydrogen) atoms. The predicted molar refractivity (Wildman–Crippen MR) is 59.2 cm³/mol. The van der Waals surface area contributed by atoms with E-state index in [9.17, 15) is 14.4 Å². The largest absolute Gasteiger partial charge is 0.468 e. The SMILES string of the molecule is [B]C(=O)C(C(=O)OC)C(=O)c1cccnc1N. The molecule has 0 aromatic carbocycles. The topological polar surface area (TPSA) is 99.4 Å². The lowest BCUT2D eigenvalue weighted by Crippen LogP contribution is -2.33. The fourth-order valence-electron chi connectivity index (χ4n) is 1.25. The summed E-state index contributed by atoms with van der Waals surface area (Å²) in [5.74, 6) is -3.63. The molecule has 0 amide bonds. The first-order valence-electron chi connectivity index (χ1n) is 4.61. The summed E-state index contributed by atoms with van der Waals surface area (Å²) in [6.45, 7) is 0. The number of ketones is 1. The molecule has 7 heteroatoms. The first-order valence-corrected chi connectivity index (χ1v) is 4.61. The van der Waals surface area contributed by atoms with Gasteiger partial charge >= 0.3 is 5.97 Å². The number of pyridine rings is 1. The van der Waals surface area contributed by atoms with Gasteiger partial charge in [0.2, 0.25) is 0 Å². The lowest BCUT2D eigenvalue weighted by atomic mass is 9.84. The van der Waals surface area contributed by atoms with Gasteiger partial charge in [0, 0.05) is 6.20 Å². The van der Waals surface area contributed by atoms with Crippen molar-refractivity contribution in [2.24, 2.45) is 5.92 Å². The Morgan fingerprint density at radius 1 is 1.47 bits per heavy atom. The van der Waals surface area contributed by atoms with E-state index in [4.69, 9.17) is 13.6 Å². The molecule has 1 unspecified atom stereocenters. The standard InChI is InChI=1S/C10H9BN2O4/c1-17-10(16)6(8(11)15)7(14)5-3-2-4-13-9(5)12/h2-4,6H,1H3,(H2,12,13). The minimum absolute atomic E-state index is 0.0401. The molecule has 1 heterocycles. The van der Waals surface area contributed by atoms with Gasteiger partial charge in [0.05, 0.1) is 18.4 Å². The number of esters is 1. The molecule has 0 fully saturated rings. The molecular weight excluding hydrogens is 223 g/mol. The smallest absolute Gasteiger partial charge is 0.323 e. The van der Waals surface area contributed by atoms with Crippen LogP contribution in [0.1, 0.15) is 10.4 Å². The van der Waals surface area contributed by atoms with Gasteiger partial charge in [-0.15, -0.1) is 0 Å². The van der Waals surface area contributed by atoms with E-state index in [0.717, 1.165) is 7.11 Å². The molecule has 0 aliphatic rings. The van der Waals surface area contributed by atoms with Crippen LogP contribution < -0.4 is 5.73 Å². The average molecular weight is 232 g/mol. The van der Waals surface area contributed by atoms with Crippen molar-refractivity contribution in [3.05, 3.63) is 23.9 Å². The maximum Gasteiger partial charge on any atom is 0.323 e. The van der Waals surface area contributed by atoms with Gasteiger partial charge in [-0.1, -0.05) is 0 Å². The molecule has 2 N–H and O–H groups in total. The molecule has 0 saturated carbocycles. The molecular formula is C10H9BN2O4. The van der Waals surface area contributed by atoms with E-state index >= 15 is 0 Å². The Morgan fingerprint density at radius 2 is 2.12 bits per heavy atom. The van der Waals surface area contributed by atoms with Crippen molar-refractivity contribution in [1.82, 2.24) is 4.98 Å². The summed E-state index contributed by atoms with van der Waals surface area (Å²) in [4.78, 5) is 37.9. The molecule has 6 nitrogen and oxygen atoms in total. The van der Waals surface area contributed by atoms with Crippen LogP contribution in [-0.4, -0.2) is 37.4 Å². The summed E-state index contributed by atoms with van der Waals surface area (Å²) in [5.41, 5.74) is 4.33. The zero-order valence-electron chi connectivity index (χ0n) is 9.04.